The molecule has 0 unspecified atom stereocenters. The molecule has 3 aromatic rings. The Kier molecular flexibility index (Phi) is 6.04. The van der Waals surface area contributed by atoms with Crippen molar-refractivity contribution in [3.8, 4) is 11.4 Å². The van der Waals surface area contributed by atoms with Crippen molar-refractivity contribution < 1.29 is 9.32 Å². The second-order valence-corrected chi connectivity index (χ2v) is 6.68. The third-order valence-corrected chi connectivity index (χ3v) is 4.29. The van der Waals surface area contributed by atoms with Crippen molar-refractivity contribution >= 4 is 17.5 Å². The minimum Gasteiger partial charge on any atom is -0.337 e. The number of hydrogen-bond acceptors (Lipinski definition) is 4. The van der Waals surface area contributed by atoms with Crippen LogP contribution in [0.25, 0.3) is 11.4 Å². The number of benzene rings is 2. The first-order valence-electron chi connectivity index (χ1n) is 8.58. The largest absolute Gasteiger partial charge is 0.337 e. The van der Waals surface area contributed by atoms with Gasteiger partial charge in [0.25, 0.3) is 0 Å². The van der Waals surface area contributed by atoms with E-state index in [1.807, 2.05) is 43.3 Å². The lowest BCUT2D eigenvalue weighted by Gasteiger charge is -2.19. The highest BCUT2D eigenvalue weighted by Gasteiger charge is 2.17. The van der Waals surface area contributed by atoms with Gasteiger partial charge in [0, 0.05) is 17.1 Å². The summed E-state index contributed by atoms with van der Waals surface area (Å²) in [5, 5.41) is 4.67. The number of halogens is 1. The summed E-state index contributed by atoms with van der Waals surface area (Å²) in [5.74, 6) is 0.850. The predicted molar refractivity (Wildman–Crippen MR) is 105 cm³/mol. The Morgan fingerprint density at radius 1 is 1.26 bits per heavy atom. The van der Waals surface area contributed by atoms with Gasteiger partial charge in [-0.15, -0.1) is 6.58 Å². The Labute approximate surface area is 163 Å². The van der Waals surface area contributed by atoms with Crippen LogP contribution < -0.4 is 0 Å². The molecule has 0 spiro atoms. The fraction of sp³-hybridized carbons (Fsp3) is 0.190. The number of amides is 1. The quantitative estimate of drug-likeness (QED) is 0.567. The van der Waals surface area contributed by atoms with Gasteiger partial charge in [-0.25, -0.2) is 0 Å². The molecule has 2 aromatic carbocycles. The Hall–Kier alpha value is -2.92. The van der Waals surface area contributed by atoms with Gasteiger partial charge in [-0.2, -0.15) is 4.98 Å². The lowest BCUT2D eigenvalue weighted by molar-refractivity contribution is -0.130. The van der Waals surface area contributed by atoms with Crippen LogP contribution >= 0.6 is 11.6 Å². The zero-order valence-electron chi connectivity index (χ0n) is 15.1. The van der Waals surface area contributed by atoms with Crippen LogP contribution in [0.15, 0.2) is 65.7 Å². The maximum atomic E-state index is 12.7. The molecule has 6 heteroatoms. The van der Waals surface area contributed by atoms with E-state index in [0.717, 1.165) is 16.7 Å². The SMILES string of the molecule is C=CCN(Cc1nc(-c2cccc(C)c2)no1)C(=O)Cc1ccc(Cl)cc1. The second kappa shape index (κ2) is 8.64. The molecule has 0 atom stereocenters. The molecule has 0 aliphatic rings. The molecule has 5 nitrogen and oxygen atoms in total. The Morgan fingerprint density at radius 3 is 2.74 bits per heavy atom. The Morgan fingerprint density at radius 2 is 2.04 bits per heavy atom. The number of hydrogen-bond donors (Lipinski definition) is 0. The number of carbonyl (C=O) groups is 1. The van der Waals surface area contributed by atoms with Crippen LogP contribution in [0.5, 0.6) is 0 Å². The molecule has 0 N–H and O–H groups in total. The molecule has 0 aliphatic heterocycles. The second-order valence-electron chi connectivity index (χ2n) is 6.25. The van der Waals surface area contributed by atoms with Crippen LogP contribution in [0.1, 0.15) is 17.0 Å². The predicted octanol–water partition coefficient (Wildman–Crippen LogP) is 4.46. The molecule has 0 radical (unpaired) electrons. The normalized spacial score (nSPS) is 10.6. The van der Waals surface area contributed by atoms with E-state index >= 15 is 0 Å². The Balaban J connectivity index is 1.71. The number of rotatable bonds is 7. The molecular formula is C21H20ClN3O2. The molecule has 0 aliphatic carbocycles. The molecule has 1 aromatic heterocycles. The maximum Gasteiger partial charge on any atom is 0.246 e. The van der Waals surface area contributed by atoms with Crippen molar-refractivity contribution in [2.24, 2.45) is 0 Å². The van der Waals surface area contributed by atoms with Gasteiger partial charge in [0.1, 0.15) is 6.54 Å². The number of aryl methyl sites for hydroxylation is 1. The first kappa shape index (κ1) is 18.9. The third kappa shape index (κ3) is 5.05. The van der Waals surface area contributed by atoms with Crippen molar-refractivity contribution in [1.82, 2.24) is 15.0 Å². The molecular weight excluding hydrogens is 362 g/mol. The van der Waals surface area contributed by atoms with Gasteiger partial charge >= 0.3 is 0 Å². The van der Waals surface area contributed by atoms with E-state index in [0.29, 0.717) is 23.3 Å². The summed E-state index contributed by atoms with van der Waals surface area (Å²) in [6.07, 6.45) is 1.95. The van der Waals surface area contributed by atoms with Crippen molar-refractivity contribution in [3.63, 3.8) is 0 Å². The average molecular weight is 382 g/mol. The standard InChI is InChI=1S/C21H20ClN3O2/c1-3-11-25(20(26)13-16-7-9-18(22)10-8-16)14-19-23-21(24-27-19)17-6-4-5-15(2)12-17/h3-10,12H,1,11,13-14H2,2H3. The van der Waals surface area contributed by atoms with E-state index in [4.69, 9.17) is 16.1 Å². The zero-order valence-corrected chi connectivity index (χ0v) is 15.8. The van der Waals surface area contributed by atoms with Crippen molar-refractivity contribution in [3.05, 3.63) is 83.2 Å². The van der Waals surface area contributed by atoms with Crippen molar-refractivity contribution in [2.45, 2.75) is 19.9 Å². The van der Waals surface area contributed by atoms with Crippen LogP contribution in [-0.2, 0) is 17.8 Å². The van der Waals surface area contributed by atoms with Gasteiger partial charge in [-0.1, -0.05) is 58.7 Å². The molecule has 0 bridgehead atoms. The zero-order chi connectivity index (χ0) is 19.2. The fourth-order valence-electron chi connectivity index (χ4n) is 2.68. The van der Waals surface area contributed by atoms with Gasteiger partial charge in [0.15, 0.2) is 0 Å². The summed E-state index contributed by atoms with van der Waals surface area (Å²) < 4.78 is 5.35. The molecule has 0 fully saturated rings. The minimum atomic E-state index is -0.0486. The highest BCUT2D eigenvalue weighted by atomic mass is 35.5. The lowest BCUT2D eigenvalue weighted by Crippen LogP contribution is -2.32. The minimum absolute atomic E-state index is 0.0486. The average Bonchev–Trinajstić information content (AvgIpc) is 3.12. The third-order valence-electron chi connectivity index (χ3n) is 4.04. The number of nitrogens with zero attached hydrogens (tertiary/aromatic N) is 3. The topological polar surface area (TPSA) is 59.2 Å². The van der Waals surface area contributed by atoms with Crippen LogP contribution in [-0.4, -0.2) is 27.5 Å². The van der Waals surface area contributed by atoms with Gasteiger partial charge < -0.3 is 9.42 Å². The van der Waals surface area contributed by atoms with E-state index in [2.05, 4.69) is 16.7 Å². The molecule has 138 valence electrons. The molecule has 0 saturated heterocycles. The van der Waals surface area contributed by atoms with Crippen LogP contribution in [0.3, 0.4) is 0 Å². The van der Waals surface area contributed by atoms with E-state index in [1.54, 1.807) is 23.1 Å². The molecule has 3 rings (SSSR count). The lowest BCUT2D eigenvalue weighted by atomic mass is 10.1. The van der Waals surface area contributed by atoms with Crippen LogP contribution in [0.2, 0.25) is 5.02 Å². The van der Waals surface area contributed by atoms with E-state index in [-0.39, 0.29) is 18.9 Å². The summed E-state index contributed by atoms with van der Waals surface area (Å²) in [5.41, 5.74) is 2.89. The maximum absolute atomic E-state index is 12.7. The van der Waals surface area contributed by atoms with Gasteiger partial charge in [0.05, 0.1) is 6.42 Å². The van der Waals surface area contributed by atoms with Crippen LogP contribution in [0, 0.1) is 6.92 Å². The van der Waals surface area contributed by atoms with E-state index in [1.165, 1.54) is 0 Å². The molecule has 1 amide bonds. The highest BCUT2D eigenvalue weighted by Crippen LogP contribution is 2.18. The summed E-state index contributed by atoms with van der Waals surface area (Å²) >= 11 is 5.89. The first-order chi connectivity index (χ1) is 13.0. The first-order valence-corrected chi connectivity index (χ1v) is 8.95. The molecule has 1 heterocycles. The number of aromatic nitrogens is 2. The molecule has 27 heavy (non-hydrogen) atoms. The fourth-order valence-corrected chi connectivity index (χ4v) is 2.81. The highest BCUT2D eigenvalue weighted by molar-refractivity contribution is 6.30. The van der Waals surface area contributed by atoms with E-state index in [9.17, 15) is 4.79 Å². The molecule has 0 saturated carbocycles. The Bertz CT molecular complexity index is 935. The summed E-state index contributed by atoms with van der Waals surface area (Å²) in [6.45, 7) is 6.36. The smallest absolute Gasteiger partial charge is 0.246 e. The summed E-state index contributed by atoms with van der Waals surface area (Å²) in [7, 11) is 0. The van der Waals surface area contributed by atoms with Crippen molar-refractivity contribution in [2.75, 3.05) is 6.54 Å². The van der Waals surface area contributed by atoms with Crippen LogP contribution in [0.4, 0.5) is 0 Å². The monoisotopic (exact) mass is 381 g/mol. The van der Waals surface area contributed by atoms with Gasteiger partial charge in [0.2, 0.25) is 17.6 Å². The van der Waals surface area contributed by atoms with Gasteiger partial charge in [-0.05, 0) is 30.7 Å². The summed E-state index contributed by atoms with van der Waals surface area (Å²) in [6, 6.07) is 15.1. The van der Waals surface area contributed by atoms with E-state index < -0.39 is 0 Å². The number of carbonyl (C=O) groups excluding carboxylic acids is 1. The van der Waals surface area contributed by atoms with Crippen molar-refractivity contribution in [1.29, 1.82) is 0 Å². The van der Waals surface area contributed by atoms with Gasteiger partial charge in [-0.3, -0.25) is 4.79 Å². The summed E-state index contributed by atoms with van der Waals surface area (Å²) in [4.78, 5) is 18.7.